The molecule has 1 fully saturated rings. The van der Waals surface area contributed by atoms with E-state index < -0.39 is 0 Å². The monoisotopic (exact) mass is 259 g/mol. The largest absolute Gasteiger partial charge is 0.462 e. The van der Waals surface area contributed by atoms with Crippen LogP contribution in [0.4, 0.5) is 0 Å². The minimum atomic E-state index is -0.318. The number of hydrogen-bond acceptors (Lipinski definition) is 4. The molecule has 1 rings (SSSR count). The second kappa shape index (κ2) is 10.3. The Hall–Kier alpha value is -0.610. The lowest BCUT2D eigenvalue weighted by Crippen LogP contribution is -2.29. The van der Waals surface area contributed by atoms with E-state index >= 15 is 0 Å². The maximum Gasteiger partial charge on any atom is 0.293 e. The van der Waals surface area contributed by atoms with E-state index in [1.54, 1.807) is 0 Å². The van der Waals surface area contributed by atoms with Gasteiger partial charge in [-0.3, -0.25) is 4.79 Å². The average molecular weight is 259 g/mol. The molecule has 0 spiro atoms. The average Bonchev–Trinajstić information content (AvgIpc) is 2.30. The lowest BCUT2D eigenvalue weighted by molar-refractivity contribution is -0.138. The highest BCUT2D eigenvalue weighted by atomic mass is 16.5. The molecule has 18 heavy (non-hydrogen) atoms. The van der Waals surface area contributed by atoms with Gasteiger partial charge in [-0.15, -0.1) is 0 Å². The molecule has 108 valence electrons. The number of rotatable bonds is 5. The van der Waals surface area contributed by atoms with Crippen molar-refractivity contribution in [1.82, 2.24) is 5.32 Å². The number of carbonyl (C=O) groups excluding carboxylic acids is 1. The van der Waals surface area contributed by atoms with E-state index in [9.17, 15) is 4.79 Å². The first-order valence-corrected chi connectivity index (χ1v) is 6.92. The molecule has 0 amide bonds. The molecule has 0 aromatic heterocycles. The van der Waals surface area contributed by atoms with Crippen molar-refractivity contribution in [1.29, 1.82) is 0 Å². The molecule has 1 heterocycles. The van der Waals surface area contributed by atoms with Gasteiger partial charge >= 0.3 is 0 Å². The van der Waals surface area contributed by atoms with Gasteiger partial charge in [-0.2, -0.15) is 0 Å². The van der Waals surface area contributed by atoms with Gasteiger partial charge in [0.1, 0.15) is 5.60 Å². The van der Waals surface area contributed by atoms with Crippen LogP contribution in [-0.4, -0.2) is 36.9 Å². The summed E-state index contributed by atoms with van der Waals surface area (Å²) in [6.07, 6.45) is 6.20. The van der Waals surface area contributed by atoms with Gasteiger partial charge in [0.15, 0.2) is 0 Å². The van der Waals surface area contributed by atoms with Crippen LogP contribution in [0.15, 0.2) is 0 Å². The second-order valence-corrected chi connectivity index (χ2v) is 5.76. The van der Waals surface area contributed by atoms with Gasteiger partial charge in [-0.25, -0.2) is 0 Å². The standard InChI is InChI=1S/C9H19NO.C5H10O2/c11-7-2-1-4-9-5-3-6-10-8-9;1-5(2,3)7-4-6/h9-11H,1-8H2;4H,1-3H3. The predicted octanol–water partition coefficient (Wildman–Crippen LogP) is 2.11. The number of carbonyl (C=O) groups is 1. The van der Waals surface area contributed by atoms with Gasteiger partial charge in [0.05, 0.1) is 0 Å². The molecular weight excluding hydrogens is 230 g/mol. The number of piperidine rings is 1. The molecule has 1 atom stereocenters. The van der Waals surface area contributed by atoms with E-state index in [0.29, 0.717) is 13.1 Å². The van der Waals surface area contributed by atoms with Crippen LogP contribution in [0.3, 0.4) is 0 Å². The molecule has 4 heteroatoms. The summed E-state index contributed by atoms with van der Waals surface area (Å²) in [6, 6.07) is 0. The Labute approximate surface area is 111 Å². The second-order valence-electron chi connectivity index (χ2n) is 5.76. The van der Waals surface area contributed by atoms with Gasteiger partial charge in [0, 0.05) is 6.61 Å². The van der Waals surface area contributed by atoms with Gasteiger partial charge in [0.25, 0.3) is 6.47 Å². The molecule has 0 bridgehead atoms. The number of aliphatic hydroxyl groups is 1. The lowest BCUT2D eigenvalue weighted by Gasteiger charge is -2.22. The topological polar surface area (TPSA) is 58.6 Å². The van der Waals surface area contributed by atoms with Crippen molar-refractivity contribution in [2.24, 2.45) is 5.92 Å². The van der Waals surface area contributed by atoms with Crippen LogP contribution in [0.2, 0.25) is 0 Å². The normalized spacial score (nSPS) is 19.7. The first kappa shape index (κ1) is 17.4. The van der Waals surface area contributed by atoms with Crippen LogP contribution >= 0.6 is 0 Å². The van der Waals surface area contributed by atoms with Crippen LogP contribution < -0.4 is 5.32 Å². The van der Waals surface area contributed by atoms with Crippen molar-refractivity contribution >= 4 is 6.47 Å². The summed E-state index contributed by atoms with van der Waals surface area (Å²) in [4.78, 5) is 9.60. The third kappa shape index (κ3) is 11.9. The van der Waals surface area contributed by atoms with E-state index in [4.69, 9.17) is 5.11 Å². The van der Waals surface area contributed by atoms with Crippen molar-refractivity contribution in [2.45, 2.75) is 58.5 Å². The fourth-order valence-electron chi connectivity index (χ4n) is 1.86. The Balaban J connectivity index is 0.000000360. The van der Waals surface area contributed by atoms with Crippen LogP contribution in [0, 0.1) is 5.92 Å². The number of hydrogen-bond donors (Lipinski definition) is 2. The zero-order valence-corrected chi connectivity index (χ0v) is 12.1. The molecule has 2 N–H and O–H groups in total. The van der Waals surface area contributed by atoms with Gasteiger partial charge in [-0.05, 0) is 65.5 Å². The van der Waals surface area contributed by atoms with E-state index in [-0.39, 0.29) is 5.60 Å². The summed E-state index contributed by atoms with van der Waals surface area (Å²) in [6.45, 7) is 8.69. The van der Waals surface area contributed by atoms with E-state index in [0.717, 1.165) is 12.3 Å². The zero-order chi connectivity index (χ0) is 13.9. The first-order valence-electron chi connectivity index (χ1n) is 6.92. The van der Waals surface area contributed by atoms with Crippen molar-refractivity contribution in [2.75, 3.05) is 19.7 Å². The molecular formula is C14H29NO3. The molecule has 1 unspecified atom stereocenters. The molecule has 4 nitrogen and oxygen atoms in total. The van der Waals surface area contributed by atoms with Gasteiger partial charge in [0.2, 0.25) is 0 Å². The quantitative estimate of drug-likeness (QED) is 0.586. The minimum Gasteiger partial charge on any atom is -0.462 e. The van der Waals surface area contributed by atoms with Crippen molar-refractivity contribution in [3.8, 4) is 0 Å². The van der Waals surface area contributed by atoms with Crippen LogP contribution in [0.5, 0.6) is 0 Å². The molecule has 0 aromatic rings. The summed E-state index contributed by atoms with van der Waals surface area (Å²) in [5, 5.41) is 12.0. The van der Waals surface area contributed by atoms with Gasteiger partial charge < -0.3 is 15.2 Å². The summed E-state index contributed by atoms with van der Waals surface area (Å²) in [7, 11) is 0. The lowest BCUT2D eigenvalue weighted by atomic mass is 9.94. The van der Waals surface area contributed by atoms with Crippen LogP contribution in [0.25, 0.3) is 0 Å². The summed E-state index contributed by atoms with van der Waals surface area (Å²) < 4.78 is 4.55. The third-order valence-corrected chi connectivity index (χ3v) is 2.82. The number of nitrogens with one attached hydrogen (secondary N) is 1. The van der Waals surface area contributed by atoms with Crippen molar-refractivity contribution in [3.63, 3.8) is 0 Å². The molecule has 0 aliphatic carbocycles. The number of unbranched alkanes of at least 4 members (excludes halogenated alkanes) is 1. The minimum absolute atomic E-state index is 0.318. The van der Waals surface area contributed by atoms with Gasteiger partial charge in [-0.1, -0.05) is 6.42 Å². The molecule has 1 saturated heterocycles. The summed E-state index contributed by atoms with van der Waals surface area (Å²) in [5.41, 5.74) is -0.318. The Bertz CT molecular complexity index is 196. The van der Waals surface area contributed by atoms with Crippen molar-refractivity contribution < 1.29 is 14.6 Å². The maximum atomic E-state index is 9.60. The molecule has 0 aromatic carbocycles. The molecule has 1 aliphatic rings. The Kier molecular flexibility index (Phi) is 9.98. The summed E-state index contributed by atoms with van der Waals surface area (Å²) >= 11 is 0. The first-order chi connectivity index (χ1) is 8.49. The Morgan fingerprint density at radius 1 is 1.39 bits per heavy atom. The Morgan fingerprint density at radius 3 is 2.50 bits per heavy atom. The third-order valence-electron chi connectivity index (χ3n) is 2.82. The summed E-state index contributed by atoms with van der Waals surface area (Å²) in [5.74, 6) is 0.885. The maximum absolute atomic E-state index is 9.60. The zero-order valence-electron chi connectivity index (χ0n) is 12.1. The SMILES string of the molecule is CC(C)(C)OC=O.OCCCCC1CCCNC1. The predicted molar refractivity (Wildman–Crippen MR) is 73.4 cm³/mol. The molecule has 0 radical (unpaired) electrons. The highest BCUT2D eigenvalue weighted by Gasteiger charge is 2.11. The number of aliphatic hydroxyl groups excluding tert-OH is 1. The number of ether oxygens (including phenoxy) is 1. The van der Waals surface area contributed by atoms with E-state index in [1.807, 2.05) is 20.8 Å². The fraction of sp³-hybridized carbons (Fsp3) is 0.929. The fourth-order valence-corrected chi connectivity index (χ4v) is 1.86. The molecule has 0 saturated carbocycles. The highest BCUT2D eigenvalue weighted by Crippen LogP contribution is 2.16. The van der Waals surface area contributed by atoms with Crippen LogP contribution in [-0.2, 0) is 9.53 Å². The molecule has 1 aliphatic heterocycles. The smallest absolute Gasteiger partial charge is 0.293 e. The Morgan fingerprint density at radius 2 is 2.11 bits per heavy atom. The van der Waals surface area contributed by atoms with E-state index in [1.165, 1.54) is 38.8 Å². The van der Waals surface area contributed by atoms with Crippen molar-refractivity contribution in [3.05, 3.63) is 0 Å². The highest BCUT2D eigenvalue weighted by molar-refractivity contribution is 5.37. The van der Waals surface area contributed by atoms with Crippen LogP contribution in [0.1, 0.15) is 52.9 Å². The van der Waals surface area contributed by atoms with E-state index in [2.05, 4.69) is 10.1 Å².